The molecular weight excluding hydrogens is 225 g/mol. The maximum absolute atomic E-state index is 12.8. The number of rotatable bonds is 1. The van der Waals surface area contributed by atoms with E-state index in [0.717, 1.165) is 0 Å². The summed E-state index contributed by atoms with van der Waals surface area (Å²) < 4.78 is 18.6. The third-order valence-electron chi connectivity index (χ3n) is 2.66. The van der Waals surface area contributed by atoms with Crippen LogP contribution in [-0.4, -0.2) is 4.57 Å². The highest BCUT2D eigenvalue weighted by molar-refractivity contribution is 5.64. The summed E-state index contributed by atoms with van der Waals surface area (Å²) in [6, 6.07) is 5.44. The molecule has 5 heteroatoms. The van der Waals surface area contributed by atoms with E-state index in [1.165, 1.54) is 35.9 Å². The van der Waals surface area contributed by atoms with E-state index in [4.69, 9.17) is 0 Å². The van der Waals surface area contributed by atoms with Crippen LogP contribution in [0.4, 0.5) is 4.39 Å². The van der Waals surface area contributed by atoms with Gasteiger partial charge in [0.05, 0.1) is 5.56 Å². The lowest BCUT2D eigenvalue weighted by Crippen LogP contribution is -2.25. The Hall–Kier alpha value is -2.17. The first-order valence-electron chi connectivity index (χ1n) is 4.97. The highest BCUT2D eigenvalue weighted by atomic mass is 19.1. The molecule has 0 fully saturated rings. The fraction of sp³-hybridized carbons (Fsp3) is 0.167. The van der Waals surface area contributed by atoms with Gasteiger partial charge in [-0.2, -0.15) is 0 Å². The molecule has 1 heterocycles. The van der Waals surface area contributed by atoms with E-state index in [-0.39, 0.29) is 11.4 Å². The molecule has 0 aliphatic heterocycles. The SMILES string of the molecule is Cc1c(-c2ccc(F)cc2)c(=O)oc(=O)n1C. The molecule has 1 aromatic carbocycles. The molecular formula is C12H10FNO3. The van der Waals surface area contributed by atoms with Crippen molar-refractivity contribution in [2.75, 3.05) is 0 Å². The summed E-state index contributed by atoms with van der Waals surface area (Å²) in [5.74, 6) is -1.10. The molecule has 0 saturated carbocycles. The number of benzene rings is 1. The van der Waals surface area contributed by atoms with E-state index in [1.807, 2.05) is 0 Å². The van der Waals surface area contributed by atoms with Gasteiger partial charge in [-0.15, -0.1) is 0 Å². The first-order valence-corrected chi connectivity index (χ1v) is 4.97. The Kier molecular flexibility index (Phi) is 2.67. The highest BCUT2D eigenvalue weighted by Crippen LogP contribution is 2.18. The molecule has 0 spiro atoms. The molecule has 0 unspecified atom stereocenters. The molecule has 0 bridgehead atoms. The van der Waals surface area contributed by atoms with E-state index in [2.05, 4.69) is 4.42 Å². The van der Waals surface area contributed by atoms with E-state index >= 15 is 0 Å². The monoisotopic (exact) mass is 235 g/mol. The van der Waals surface area contributed by atoms with Gasteiger partial charge in [0.2, 0.25) is 0 Å². The smallest absolute Gasteiger partial charge is 0.372 e. The van der Waals surface area contributed by atoms with Crippen LogP contribution in [0.25, 0.3) is 11.1 Å². The summed E-state index contributed by atoms with van der Waals surface area (Å²) >= 11 is 0. The van der Waals surface area contributed by atoms with Gasteiger partial charge >= 0.3 is 11.4 Å². The Bertz CT molecular complexity index is 668. The van der Waals surface area contributed by atoms with Crippen molar-refractivity contribution in [3.05, 3.63) is 56.7 Å². The molecule has 17 heavy (non-hydrogen) atoms. The minimum atomic E-state index is -0.711. The largest absolute Gasteiger partial charge is 0.421 e. The number of hydrogen-bond donors (Lipinski definition) is 0. The minimum absolute atomic E-state index is 0.270. The van der Waals surface area contributed by atoms with Gasteiger partial charge in [-0.05, 0) is 24.6 Å². The Labute approximate surface area is 95.9 Å². The Morgan fingerprint density at radius 2 is 1.76 bits per heavy atom. The van der Waals surface area contributed by atoms with Crippen LogP contribution in [0.3, 0.4) is 0 Å². The average molecular weight is 235 g/mol. The first kappa shape index (κ1) is 11.3. The van der Waals surface area contributed by atoms with Gasteiger partial charge in [0.15, 0.2) is 0 Å². The summed E-state index contributed by atoms with van der Waals surface area (Å²) in [7, 11) is 1.51. The second-order valence-electron chi connectivity index (χ2n) is 3.68. The van der Waals surface area contributed by atoms with Gasteiger partial charge in [-0.1, -0.05) is 12.1 Å². The van der Waals surface area contributed by atoms with Crippen molar-refractivity contribution >= 4 is 0 Å². The van der Waals surface area contributed by atoms with Crippen molar-refractivity contribution in [2.24, 2.45) is 7.05 Å². The second kappa shape index (κ2) is 4.01. The van der Waals surface area contributed by atoms with Gasteiger partial charge in [0.1, 0.15) is 5.82 Å². The Balaban J connectivity index is 2.76. The molecule has 0 aliphatic carbocycles. The maximum Gasteiger partial charge on any atom is 0.421 e. The third kappa shape index (κ3) is 1.91. The highest BCUT2D eigenvalue weighted by Gasteiger charge is 2.12. The van der Waals surface area contributed by atoms with Crippen LogP contribution in [0.5, 0.6) is 0 Å². The summed E-state index contributed by atoms with van der Waals surface area (Å²) in [6.07, 6.45) is 0. The van der Waals surface area contributed by atoms with Crippen LogP contribution in [-0.2, 0) is 7.05 Å². The Morgan fingerprint density at radius 1 is 1.18 bits per heavy atom. The standard InChI is InChI=1S/C12H10FNO3/c1-7-10(8-3-5-9(13)6-4-8)11(15)17-12(16)14(7)2/h3-6H,1-2H3. The quantitative estimate of drug-likeness (QED) is 0.751. The summed E-state index contributed by atoms with van der Waals surface area (Å²) in [6.45, 7) is 1.64. The van der Waals surface area contributed by atoms with Gasteiger partial charge < -0.3 is 4.42 Å². The molecule has 0 N–H and O–H groups in total. The predicted molar refractivity (Wildman–Crippen MR) is 60.4 cm³/mol. The predicted octanol–water partition coefficient (Wildman–Crippen LogP) is 1.45. The molecule has 88 valence electrons. The molecule has 1 aromatic heterocycles. The van der Waals surface area contributed by atoms with Crippen molar-refractivity contribution in [1.29, 1.82) is 0 Å². The lowest BCUT2D eigenvalue weighted by atomic mass is 10.1. The Morgan fingerprint density at radius 3 is 2.35 bits per heavy atom. The fourth-order valence-corrected chi connectivity index (χ4v) is 1.59. The van der Waals surface area contributed by atoms with E-state index in [9.17, 15) is 14.0 Å². The van der Waals surface area contributed by atoms with E-state index in [0.29, 0.717) is 11.3 Å². The number of hydrogen-bond acceptors (Lipinski definition) is 3. The average Bonchev–Trinajstić information content (AvgIpc) is 2.29. The van der Waals surface area contributed by atoms with Crippen LogP contribution in [0.15, 0.2) is 38.3 Å². The van der Waals surface area contributed by atoms with Gasteiger partial charge in [0, 0.05) is 12.7 Å². The zero-order valence-corrected chi connectivity index (χ0v) is 9.36. The zero-order chi connectivity index (χ0) is 12.6. The zero-order valence-electron chi connectivity index (χ0n) is 9.36. The van der Waals surface area contributed by atoms with E-state index < -0.39 is 11.4 Å². The van der Waals surface area contributed by atoms with Crippen molar-refractivity contribution < 1.29 is 8.81 Å². The van der Waals surface area contributed by atoms with Gasteiger partial charge in [-0.25, -0.2) is 14.0 Å². The lowest BCUT2D eigenvalue weighted by Gasteiger charge is -2.07. The normalized spacial score (nSPS) is 10.5. The number of halogens is 1. The fourth-order valence-electron chi connectivity index (χ4n) is 1.59. The molecule has 0 radical (unpaired) electrons. The van der Waals surface area contributed by atoms with Crippen molar-refractivity contribution in [1.82, 2.24) is 4.57 Å². The van der Waals surface area contributed by atoms with Gasteiger partial charge in [-0.3, -0.25) is 4.57 Å². The van der Waals surface area contributed by atoms with Crippen LogP contribution >= 0.6 is 0 Å². The molecule has 0 atom stereocenters. The van der Waals surface area contributed by atoms with Crippen LogP contribution < -0.4 is 11.4 Å². The number of nitrogens with zero attached hydrogens (tertiary/aromatic N) is 1. The van der Waals surface area contributed by atoms with Crippen molar-refractivity contribution in [3.8, 4) is 11.1 Å². The minimum Gasteiger partial charge on any atom is -0.372 e. The molecule has 2 rings (SSSR count). The van der Waals surface area contributed by atoms with Crippen molar-refractivity contribution in [2.45, 2.75) is 6.92 Å². The molecule has 2 aromatic rings. The van der Waals surface area contributed by atoms with Crippen LogP contribution in [0.2, 0.25) is 0 Å². The topological polar surface area (TPSA) is 52.2 Å². The van der Waals surface area contributed by atoms with Crippen molar-refractivity contribution in [3.63, 3.8) is 0 Å². The summed E-state index contributed by atoms with van der Waals surface area (Å²) in [5, 5.41) is 0. The van der Waals surface area contributed by atoms with Gasteiger partial charge in [0.25, 0.3) is 0 Å². The third-order valence-corrected chi connectivity index (χ3v) is 2.66. The van der Waals surface area contributed by atoms with E-state index in [1.54, 1.807) is 6.92 Å². The molecule has 4 nitrogen and oxygen atoms in total. The lowest BCUT2D eigenvalue weighted by molar-refractivity contribution is 0.417. The molecule has 0 saturated heterocycles. The number of aromatic nitrogens is 1. The molecule has 0 aliphatic rings. The molecule has 0 amide bonds. The second-order valence-corrected chi connectivity index (χ2v) is 3.68. The maximum atomic E-state index is 12.8. The van der Waals surface area contributed by atoms with Crippen LogP contribution in [0.1, 0.15) is 5.69 Å². The summed E-state index contributed by atoms with van der Waals surface area (Å²) in [4.78, 5) is 22.9. The first-order chi connectivity index (χ1) is 8.00. The summed E-state index contributed by atoms with van der Waals surface area (Å²) in [5.41, 5.74) is 0.565. The van der Waals surface area contributed by atoms with Crippen LogP contribution in [0, 0.1) is 12.7 Å².